The van der Waals surface area contributed by atoms with Gasteiger partial charge in [0.05, 0.1) is 12.0 Å². The molecule has 5 aromatic rings. The molecule has 7 heteroatoms. The van der Waals surface area contributed by atoms with E-state index in [0.717, 1.165) is 23.0 Å². The van der Waals surface area contributed by atoms with Crippen molar-refractivity contribution in [1.82, 2.24) is 9.55 Å². The lowest BCUT2D eigenvalue weighted by Gasteiger charge is -2.24. The van der Waals surface area contributed by atoms with Gasteiger partial charge in [-0.05, 0) is 68.0 Å². The van der Waals surface area contributed by atoms with Crippen molar-refractivity contribution in [3.05, 3.63) is 108 Å². The fourth-order valence-corrected chi connectivity index (χ4v) is 5.29. The smallest absolute Gasteiger partial charge is 0.358 e. The second-order valence-corrected chi connectivity index (χ2v) is 11.3. The van der Waals surface area contributed by atoms with Gasteiger partial charge in [0.15, 0.2) is 11.4 Å². The van der Waals surface area contributed by atoms with Gasteiger partial charge >= 0.3 is 11.9 Å². The quantitative estimate of drug-likeness (QED) is 0.157. The molecule has 0 radical (unpaired) electrons. The van der Waals surface area contributed by atoms with E-state index in [1.807, 2.05) is 50.2 Å². The highest BCUT2D eigenvalue weighted by atomic mass is 16.5. The molecule has 216 valence electrons. The minimum absolute atomic E-state index is 0.101. The van der Waals surface area contributed by atoms with Gasteiger partial charge in [0.1, 0.15) is 13.2 Å². The van der Waals surface area contributed by atoms with Crippen LogP contribution in [0.5, 0.6) is 5.75 Å². The van der Waals surface area contributed by atoms with E-state index in [1.165, 1.54) is 22.5 Å². The van der Waals surface area contributed by atoms with Gasteiger partial charge in [-0.3, -0.25) is 4.79 Å². The highest BCUT2D eigenvalue weighted by molar-refractivity contribution is 6.07. The first kappa shape index (κ1) is 28.9. The molecular formula is C35H36N2O5. The van der Waals surface area contributed by atoms with Crippen molar-refractivity contribution in [2.24, 2.45) is 5.41 Å². The van der Waals surface area contributed by atoms with E-state index in [0.29, 0.717) is 19.6 Å². The number of aromatic carboxylic acids is 1. The molecule has 42 heavy (non-hydrogen) atoms. The number of carbonyl (C=O) groups excluding carboxylic acids is 1. The van der Waals surface area contributed by atoms with Gasteiger partial charge in [0.25, 0.3) is 0 Å². The number of pyridine rings is 1. The van der Waals surface area contributed by atoms with Gasteiger partial charge in [-0.1, -0.05) is 67.6 Å². The van der Waals surface area contributed by atoms with E-state index in [4.69, 9.17) is 9.47 Å². The highest BCUT2D eigenvalue weighted by Crippen LogP contribution is 2.32. The third-order valence-corrected chi connectivity index (χ3v) is 7.90. The van der Waals surface area contributed by atoms with Crippen LogP contribution in [0.3, 0.4) is 0 Å². The van der Waals surface area contributed by atoms with Crippen molar-refractivity contribution in [2.75, 3.05) is 6.61 Å². The zero-order valence-electron chi connectivity index (χ0n) is 24.2. The lowest BCUT2D eigenvalue weighted by Crippen LogP contribution is -2.28. The molecule has 7 nitrogen and oxygen atoms in total. The lowest BCUT2D eigenvalue weighted by atomic mass is 9.83. The molecular weight excluding hydrogens is 528 g/mol. The summed E-state index contributed by atoms with van der Waals surface area (Å²) in [6.45, 7) is 7.22. The van der Waals surface area contributed by atoms with Crippen molar-refractivity contribution in [3.8, 4) is 5.75 Å². The topological polar surface area (TPSA) is 90.7 Å². The number of benzene rings is 3. The fourth-order valence-electron chi connectivity index (χ4n) is 5.29. The summed E-state index contributed by atoms with van der Waals surface area (Å²) < 4.78 is 13.7. The molecule has 1 unspecified atom stereocenters. The van der Waals surface area contributed by atoms with E-state index in [-0.39, 0.29) is 29.9 Å². The van der Waals surface area contributed by atoms with Crippen LogP contribution in [0.15, 0.2) is 91.1 Å². The van der Waals surface area contributed by atoms with Gasteiger partial charge in [0, 0.05) is 28.0 Å². The van der Waals surface area contributed by atoms with Crippen LogP contribution in [-0.4, -0.2) is 33.2 Å². The van der Waals surface area contributed by atoms with E-state index < -0.39 is 11.4 Å². The average Bonchev–Trinajstić information content (AvgIpc) is 3.32. The Labute approximate surface area is 245 Å². The molecule has 0 saturated heterocycles. The van der Waals surface area contributed by atoms with Crippen LogP contribution in [0.2, 0.25) is 0 Å². The molecule has 5 rings (SSSR count). The minimum Gasteiger partial charge on any atom is -0.486 e. The number of aromatic nitrogens is 2. The molecule has 0 saturated carbocycles. The predicted octanol–water partition coefficient (Wildman–Crippen LogP) is 7.62. The van der Waals surface area contributed by atoms with Crippen LogP contribution in [-0.2, 0) is 22.7 Å². The van der Waals surface area contributed by atoms with Gasteiger partial charge in [-0.15, -0.1) is 0 Å². The van der Waals surface area contributed by atoms with Gasteiger partial charge < -0.3 is 19.1 Å². The molecule has 0 aliphatic rings. The number of fused-ring (bicyclic) bond motifs is 3. The number of carboxylic acid groups (broad SMARTS) is 1. The van der Waals surface area contributed by atoms with Crippen molar-refractivity contribution >= 4 is 33.7 Å². The Balaban J connectivity index is 1.12. The molecule has 0 aliphatic heterocycles. The monoisotopic (exact) mass is 564 g/mol. The Hall–Kier alpha value is -4.65. The van der Waals surface area contributed by atoms with Gasteiger partial charge in [0.2, 0.25) is 0 Å². The summed E-state index contributed by atoms with van der Waals surface area (Å²) in [5.74, 6) is -0.808. The Morgan fingerprint density at radius 2 is 1.55 bits per heavy atom. The molecule has 0 aliphatic carbocycles. The number of ether oxygens (including phenoxy) is 2. The van der Waals surface area contributed by atoms with E-state index >= 15 is 0 Å². The molecule has 2 heterocycles. The molecule has 0 bridgehead atoms. The normalized spacial score (nSPS) is 12.4. The van der Waals surface area contributed by atoms with Crippen LogP contribution in [0, 0.1) is 5.41 Å². The van der Waals surface area contributed by atoms with Gasteiger partial charge in [-0.2, -0.15) is 0 Å². The number of hydrogen-bond donors (Lipinski definition) is 1. The number of para-hydroxylation sites is 2. The lowest BCUT2D eigenvalue weighted by molar-refractivity contribution is -0.154. The number of nitrogens with zero attached hydrogens (tertiary/aromatic N) is 2. The van der Waals surface area contributed by atoms with Gasteiger partial charge in [-0.25, -0.2) is 9.78 Å². The number of carboxylic acids is 1. The summed E-state index contributed by atoms with van der Waals surface area (Å²) in [4.78, 5) is 28.3. The molecule has 3 aromatic carbocycles. The second kappa shape index (κ2) is 12.5. The average molecular weight is 565 g/mol. The first-order valence-corrected chi connectivity index (χ1v) is 14.3. The zero-order chi connectivity index (χ0) is 29.7. The van der Waals surface area contributed by atoms with E-state index in [2.05, 4.69) is 52.9 Å². The van der Waals surface area contributed by atoms with Crippen LogP contribution >= 0.6 is 0 Å². The molecule has 0 amide bonds. The van der Waals surface area contributed by atoms with Crippen LogP contribution in [0.4, 0.5) is 0 Å². The summed E-state index contributed by atoms with van der Waals surface area (Å²) in [6, 6.07) is 28.0. The molecule has 2 aromatic heterocycles. The summed E-state index contributed by atoms with van der Waals surface area (Å²) in [7, 11) is 0. The van der Waals surface area contributed by atoms with Crippen molar-refractivity contribution in [1.29, 1.82) is 0 Å². The van der Waals surface area contributed by atoms with Crippen LogP contribution < -0.4 is 4.74 Å². The summed E-state index contributed by atoms with van der Waals surface area (Å²) in [6.07, 6.45) is 2.97. The maximum absolute atomic E-state index is 13.1. The number of rotatable bonds is 12. The second-order valence-electron chi connectivity index (χ2n) is 11.3. The van der Waals surface area contributed by atoms with E-state index in [9.17, 15) is 14.7 Å². The summed E-state index contributed by atoms with van der Waals surface area (Å²) >= 11 is 0. The molecule has 0 spiro atoms. The Kier molecular flexibility index (Phi) is 8.57. The first-order valence-electron chi connectivity index (χ1n) is 14.3. The van der Waals surface area contributed by atoms with Crippen molar-refractivity contribution in [2.45, 2.75) is 52.7 Å². The standard InChI is InChI=1S/C35H36N2O5/c1-24(26-16-14-25(15-17-26)23-42-31-13-8-20-36-32(31)33(38)39)18-19-35(2,3)34(40)41-22-21-37-29-11-6-4-9-27(29)28-10-5-7-12-30(28)37/h4-17,20,24H,18-19,21-23H2,1-3H3,(H,38,39). The highest BCUT2D eigenvalue weighted by Gasteiger charge is 2.30. The van der Waals surface area contributed by atoms with Crippen LogP contribution in [0.25, 0.3) is 21.8 Å². The molecule has 1 N–H and O–H groups in total. The van der Waals surface area contributed by atoms with Crippen molar-refractivity contribution in [3.63, 3.8) is 0 Å². The number of hydrogen-bond acceptors (Lipinski definition) is 5. The number of carbonyl (C=O) groups is 2. The number of esters is 1. The van der Waals surface area contributed by atoms with E-state index in [1.54, 1.807) is 12.1 Å². The zero-order valence-corrected chi connectivity index (χ0v) is 24.2. The molecule has 1 atom stereocenters. The third kappa shape index (κ3) is 6.30. The Morgan fingerprint density at radius 3 is 2.19 bits per heavy atom. The maximum atomic E-state index is 13.1. The van der Waals surface area contributed by atoms with Crippen LogP contribution in [0.1, 0.15) is 61.1 Å². The Morgan fingerprint density at radius 1 is 0.905 bits per heavy atom. The predicted molar refractivity (Wildman–Crippen MR) is 164 cm³/mol. The largest absolute Gasteiger partial charge is 0.486 e. The third-order valence-electron chi connectivity index (χ3n) is 7.90. The van der Waals surface area contributed by atoms with Crippen molar-refractivity contribution < 1.29 is 24.2 Å². The SMILES string of the molecule is CC(CCC(C)(C)C(=O)OCCn1c2ccccc2c2ccccc21)c1ccc(COc2cccnc2C(=O)O)cc1. The summed E-state index contributed by atoms with van der Waals surface area (Å²) in [5.41, 5.74) is 3.68. The molecule has 0 fully saturated rings. The first-order chi connectivity index (χ1) is 20.2. The fraction of sp³-hybridized carbons (Fsp3) is 0.286. The summed E-state index contributed by atoms with van der Waals surface area (Å²) in [5, 5.41) is 11.7. The maximum Gasteiger partial charge on any atom is 0.358 e. The Bertz CT molecular complexity index is 1650. The minimum atomic E-state index is -1.12.